The smallest absolute Gasteiger partial charge is 0.252 e. The van der Waals surface area contributed by atoms with Gasteiger partial charge in [-0.25, -0.2) is 0 Å². The van der Waals surface area contributed by atoms with Gasteiger partial charge in [-0.2, -0.15) is 0 Å². The van der Waals surface area contributed by atoms with Crippen molar-refractivity contribution in [2.45, 2.75) is 19.4 Å². The molecule has 7 heteroatoms. The van der Waals surface area contributed by atoms with Crippen LogP contribution in [0.2, 0.25) is 0 Å². The van der Waals surface area contributed by atoms with Gasteiger partial charge in [0.2, 0.25) is 6.41 Å². The number of methoxy groups -OCH3 is 1. The third kappa shape index (κ3) is 3.42. The highest BCUT2D eigenvalue weighted by Crippen LogP contribution is 2.38. The molecule has 3 N–H and O–H groups in total. The maximum atomic E-state index is 11.7. The van der Waals surface area contributed by atoms with Crippen LogP contribution in [0.3, 0.4) is 0 Å². The molecule has 1 aliphatic heterocycles. The number of likely N-dealkylation sites (N-methyl/N-ethyl adjacent to an activating group) is 1. The molecule has 21 heavy (non-hydrogen) atoms. The van der Waals surface area contributed by atoms with Crippen LogP contribution in [0.5, 0.6) is 0 Å². The molecule has 1 aliphatic rings. The van der Waals surface area contributed by atoms with Crippen LogP contribution in [0.15, 0.2) is 0 Å². The molecule has 0 aliphatic carbocycles. The van der Waals surface area contributed by atoms with Crippen molar-refractivity contribution in [1.29, 1.82) is 0 Å². The topological polar surface area (TPSA) is 81.4 Å². The lowest BCUT2D eigenvalue weighted by molar-refractivity contribution is -0.924. The van der Waals surface area contributed by atoms with Crippen LogP contribution in [0.25, 0.3) is 0 Å². The monoisotopic (exact) mass is 312 g/mol. The zero-order valence-corrected chi connectivity index (χ0v) is 13.3. The lowest BCUT2D eigenvalue weighted by Gasteiger charge is -2.37. The number of ether oxygens (including phenoxy) is 1. The lowest BCUT2D eigenvalue weighted by Crippen LogP contribution is -2.48. The summed E-state index contributed by atoms with van der Waals surface area (Å²) in [4.78, 5) is 23.5. The van der Waals surface area contributed by atoms with E-state index in [-0.39, 0.29) is 0 Å². The largest absolute Gasteiger partial charge is 0.384 e. The van der Waals surface area contributed by atoms with Gasteiger partial charge in [-0.05, 0) is 5.56 Å². The van der Waals surface area contributed by atoms with Crippen LogP contribution in [0, 0.1) is 0 Å². The Balaban J connectivity index is 2.23. The van der Waals surface area contributed by atoms with Gasteiger partial charge in [0.1, 0.15) is 11.5 Å². The maximum absolute atomic E-state index is 11.7. The van der Waals surface area contributed by atoms with Gasteiger partial charge in [-0.3, -0.25) is 9.59 Å². The molecular formula is C14H22N3O3S+. The second-order valence-electron chi connectivity index (χ2n) is 5.66. The first kappa shape index (κ1) is 15.9. The average Bonchev–Trinajstić information content (AvgIpc) is 2.76. The van der Waals surface area contributed by atoms with Crippen molar-refractivity contribution in [1.82, 2.24) is 0 Å². The molecule has 2 heterocycles. The molecule has 0 spiro atoms. The summed E-state index contributed by atoms with van der Waals surface area (Å²) in [6.45, 7) is 3.63. The molecule has 0 bridgehead atoms. The Hall–Kier alpha value is -1.44. The number of nitrogens with two attached hydrogens (primary N) is 1. The molecule has 1 atom stereocenters. The minimum atomic E-state index is -0.465. The van der Waals surface area contributed by atoms with Gasteiger partial charge in [0.05, 0.1) is 37.2 Å². The molecule has 0 fully saturated rings. The van der Waals surface area contributed by atoms with Crippen LogP contribution in [0.1, 0.15) is 27.2 Å². The summed E-state index contributed by atoms with van der Waals surface area (Å²) in [6, 6.07) is 0. The number of carbonyl (C=O) groups is 2. The number of quaternary nitrogens is 1. The number of amides is 2. The van der Waals surface area contributed by atoms with Crippen molar-refractivity contribution in [3.63, 3.8) is 0 Å². The Kier molecular flexibility index (Phi) is 4.97. The molecule has 116 valence electrons. The van der Waals surface area contributed by atoms with Gasteiger partial charge >= 0.3 is 0 Å². The third-order valence-electron chi connectivity index (χ3n) is 4.00. The van der Waals surface area contributed by atoms with Crippen molar-refractivity contribution in [2.24, 2.45) is 5.73 Å². The average molecular weight is 312 g/mol. The van der Waals surface area contributed by atoms with E-state index in [1.165, 1.54) is 11.3 Å². The molecule has 0 saturated heterocycles. The molecule has 0 radical (unpaired) electrons. The summed E-state index contributed by atoms with van der Waals surface area (Å²) in [7, 11) is 3.93. The molecular weight excluding hydrogens is 290 g/mol. The first-order valence-electron chi connectivity index (χ1n) is 6.98. The number of thiophene rings is 1. The number of hydrogen-bond donors (Lipinski definition) is 2. The van der Waals surface area contributed by atoms with E-state index in [9.17, 15) is 9.59 Å². The number of hydrogen-bond acceptors (Lipinski definition) is 4. The molecule has 6 nitrogen and oxygen atoms in total. The molecule has 2 amide bonds. The Morgan fingerprint density at radius 3 is 2.95 bits per heavy atom. The van der Waals surface area contributed by atoms with Crippen molar-refractivity contribution >= 4 is 28.7 Å². The van der Waals surface area contributed by atoms with Gasteiger partial charge in [0.15, 0.2) is 0 Å². The SMILES string of the molecule is COCCC[N+]1(C)CCc2c(sc(NC=O)c2C(N)=O)C1. The maximum Gasteiger partial charge on any atom is 0.252 e. The summed E-state index contributed by atoms with van der Waals surface area (Å²) >= 11 is 1.47. The van der Waals surface area contributed by atoms with Crippen LogP contribution >= 0.6 is 11.3 Å². The fourth-order valence-electron chi connectivity index (χ4n) is 2.91. The normalized spacial score (nSPS) is 20.9. The predicted octanol–water partition coefficient (Wildman–Crippen LogP) is 0.954. The van der Waals surface area contributed by atoms with Crippen molar-refractivity contribution < 1.29 is 18.8 Å². The quantitative estimate of drug-likeness (QED) is 0.447. The number of primary amides is 1. The van der Waals surface area contributed by atoms with E-state index in [0.29, 0.717) is 17.0 Å². The Morgan fingerprint density at radius 1 is 1.57 bits per heavy atom. The first-order valence-corrected chi connectivity index (χ1v) is 7.79. The predicted molar refractivity (Wildman–Crippen MR) is 82.3 cm³/mol. The van der Waals surface area contributed by atoms with Gasteiger partial charge in [-0.1, -0.05) is 0 Å². The van der Waals surface area contributed by atoms with Crippen LogP contribution in [-0.4, -0.2) is 50.7 Å². The molecule has 1 unspecified atom stereocenters. The number of rotatable bonds is 7. The van der Waals surface area contributed by atoms with E-state index in [0.717, 1.165) is 54.0 Å². The van der Waals surface area contributed by atoms with E-state index < -0.39 is 5.91 Å². The first-order chi connectivity index (χ1) is 10.0. The second-order valence-corrected chi connectivity index (χ2v) is 6.76. The number of nitrogens with one attached hydrogen (secondary N) is 1. The highest BCUT2D eigenvalue weighted by Gasteiger charge is 2.33. The van der Waals surface area contributed by atoms with Gasteiger partial charge in [0, 0.05) is 20.0 Å². The standard InChI is InChI=1S/C14H21N3O3S/c1-17(5-3-7-20-2)6-4-10-11(8-17)21-14(16-9-18)12(10)13(15)19/h9H,3-8H2,1-2H3,(H2-,15,16,18,19)/p+1. The number of anilines is 1. The minimum absolute atomic E-state index is 0.465. The van der Waals surface area contributed by atoms with Crippen LogP contribution < -0.4 is 11.1 Å². The van der Waals surface area contributed by atoms with Crippen LogP contribution in [-0.2, 0) is 22.5 Å². The number of carbonyl (C=O) groups excluding carboxylic acids is 2. The Morgan fingerprint density at radius 2 is 2.33 bits per heavy atom. The van der Waals surface area contributed by atoms with Crippen LogP contribution in [0.4, 0.5) is 5.00 Å². The molecule has 1 aromatic rings. The van der Waals surface area contributed by atoms with Gasteiger partial charge < -0.3 is 20.3 Å². The minimum Gasteiger partial charge on any atom is -0.384 e. The zero-order valence-electron chi connectivity index (χ0n) is 12.5. The van der Waals surface area contributed by atoms with E-state index in [1.54, 1.807) is 7.11 Å². The summed E-state index contributed by atoms with van der Waals surface area (Å²) in [5, 5.41) is 3.18. The number of nitrogens with zero attached hydrogens (tertiary/aromatic N) is 1. The summed E-state index contributed by atoms with van der Waals surface area (Å²) in [5.41, 5.74) is 6.97. The van der Waals surface area contributed by atoms with Gasteiger partial charge in [-0.15, -0.1) is 11.3 Å². The summed E-state index contributed by atoms with van der Waals surface area (Å²) in [6.07, 6.45) is 2.42. The molecule has 1 aromatic heterocycles. The fraction of sp³-hybridized carbons (Fsp3) is 0.571. The third-order valence-corrected chi connectivity index (χ3v) is 5.15. The van der Waals surface area contributed by atoms with E-state index in [4.69, 9.17) is 10.5 Å². The highest BCUT2D eigenvalue weighted by atomic mass is 32.1. The lowest BCUT2D eigenvalue weighted by atomic mass is 10.0. The van der Waals surface area contributed by atoms with Crippen molar-refractivity contribution in [3.05, 3.63) is 16.0 Å². The van der Waals surface area contributed by atoms with E-state index in [2.05, 4.69) is 12.4 Å². The summed E-state index contributed by atoms with van der Waals surface area (Å²) < 4.78 is 6.04. The molecule has 0 saturated carbocycles. The zero-order chi connectivity index (χ0) is 15.5. The van der Waals surface area contributed by atoms with Gasteiger partial charge in [0.25, 0.3) is 5.91 Å². The Bertz CT molecular complexity index is 544. The van der Waals surface area contributed by atoms with Crippen molar-refractivity contribution in [3.8, 4) is 0 Å². The second kappa shape index (κ2) is 6.55. The fourth-order valence-corrected chi connectivity index (χ4v) is 4.29. The summed E-state index contributed by atoms with van der Waals surface area (Å²) in [5.74, 6) is -0.465. The van der Waals surface area contributed by atoms with E-state index >= 15 is 0 Å². The Labute approximate surface area is 128 Å². The highest BCUT2D eigenvalue weighted by molar-refractivity contribution is 7.16. The van der Waals surface area contributed by atoms with E-state index in [1.807, 2.05) is 0 Å². The molecule has 2 rings (SSSR count). The van der Waals surface area contributed by atoms with Crippen molar-refractivity contribution in [2.75, 3.05) is 39.2 Å². The molecule has 0 aromatic carbocycles. The number of fused-ring (bicyclic) bond motifs is 1.